The molecule has 4 rings (SSSR count). The number of anilines is 1. The van der Waals surface area contributed by atoms with Crippen molar-refractivity contribution in [3.05, 3.63) is 34.2 Å². The number of aliphatic imine (C=N–C) groups is 1. The van der Waals surface area contributed by atoms with E-state index in [4.69, 9.17) is 27.1 Å². The minimum Gasteiger partial charge on any atom is -0.481 e. The van der Waals surface area contributed by atoms with Gasteiger partial charge >= 0.3 is 11.9 Å². The smallest absolute Gasteiger partial charge is 0.352 e. The normalized spacial score (nSPS) is 22.2. The van der Waals surface area contributed by atoms with Crippen LogP contribution in [0.25, 0.3) is 0 Å². The predicted molar refractivity (Wildman–Crippen MR) is 158 cm³/mol. The van der Waals surface area contributed by atoms with Crippen LogP contribution in [-0.4, -0.2) is 102 Å². The van der Waals surface area contributed by atoms with Gasteiger partial charge in [0, 0.05) is 23.4 Å². The summed E-state index contributed by atoms with van der Waals surface area (Å²) in [5.41, 5.74) is 17.9. The van der Waals surface area contributed by atoms with Crippen LogP contribution in [0.5, 0.6) is 0 Å². The highest BCUT2D eigenvalue weighted by Gasteiger charge is 2.54. The summed E-state index contributed by atoms with van der Waals surface area (Å²) in [4.78, 5) is 65.8. The van der Waals surface area contributed by atoms with E-state index in [0.29, 0.717) is 17.3 Å². The number of nitrogens with zero attached hydrogens (tertiary/aromatic N) is 5. The molecule has 16 nitrogen and oxygen atoms in total. The Balaban J connectivity index is 1.48. The van der Waals surface area contributed by atoms with Gasteiger partial charge in [-0.1, -0.05) is 23.8 Å². The first-order chi connectivity index (χ1) is 20.0. The van der Waals surface area contributed by atoms with Crippen LogP contribution >= 0.6 is 34.9 Å². The number of β-lactam (4-membered cyclic amide) rings is 1. The van der Waals surface area contributed by atoms with Crippen molar-refractivity contribution in [2.24, 2.45) is 21.6 Å². The van der Waals surface area contributed by atoms with Crippen molar-refractivity contribution < 1.29 is 34.2 Å². The van der Waals surface area contributed by atoms with Crippen molar-refractivity contribution in [1.82, 2.24) is 20.1 Å². The first-order valence-corrected chi connectivity index (χ1v) is 15.5. The average molecular weight is 640 g/mol. The Hall–Kier alpha value is -3.81. The van der Waals surface area contributed by atoms with Crippen molar-refractivity contribution in [3.8, 4) is 0 Å². The van der Waals surface area contributed by atoms with E-state index in [1.165, 1.54) is 28.9 Å². The van der Waals surface area contributed by atoms with Gasteiger partial charge < -0.3 is 42.5 Å². The van der Waals surface area contributed by atoms with E-state index in [9.17, 15) is 24.3 Å². The number of nitrogens with one attached hydrogen (secondary N) is 1. The van der Waals surface area contributed by atoms with Gasteiger partial charge in [0.15, 0.2) is 16.0 Å². The minimum atomic E-state index is -1.27. The summed E-state index contributed by atoms with van der Waals surface area (Å²) in [6.07, 6.45) is 1.64. The fourth-order valence-corrected chi connectivity index (χ4v) is 7.32. The number of aliphatic carboxylic acids is 2. The third-order valence-electron chi connectivity index (χ3n) is 6.09. The van der Waals surface area contributed by atoms with Crippen molar-refractivity contribution in [2.45, 2.75) is 37.3 Å². The highest BCUT2D eigenvalue weighted by atomic mass is 32.2. The maximum Gasteiger partial charge on any atom is 0.352 e. The number of amides is 2. The lowest BCUT2D eigenvalue weighted by Crippen LogP contribution is -2.71. The molecule has 1 aromatic rings. The summed E-state index contributed by atoms with van der Waals surface area (Å²) in [5.74, 6) is -3.01. The molecule has 4 heterocycles. The van der Waals surface area contributed by atoms with Crippen molar-refractivity contribution in [1.29, 1.82) is 0 Å². The highest BCUT2D eigenvalue weighted by Crippen LogP contribution is 2.41. The maximum absolute atomic E-state index is 13.2. The van der Waals surface area contributed by atoms with Gasteiger partial charge in [-0.05, 0) is 18.1 Å². The van der Waals surface area contributed by atoms with E-state index < -0.39 is 41.3 Å². The number of hydrogen-bond acceptors (Lipinski definition) is 15. The number of carboxylic acids is 2. The Kier molecular flexibility index (Phi) is 9.97. The molecule has 2 unspecified atom stereocenters. The van der Waals surface area contributed by atoms with Gasteiger partial charge in [0.2, 0.25) is 0 Å². The number of thioether (sulfide) groups is 2. The second-order valence-corrected chi connectivity index (χ2v) is 12.0. The lowest BCUT2D eigenvalue weighted by Gasteiger charge is -2.49. The summed E-state index contributed by atoms with van der Waals surface area (Å²) in [6.45, 7) is 2.33. The summed E-state index contributed by atoms with van der Waals surface area (Å²) in [6, 6.07) is -1.04. The van der Waals surface area contributed by atoms with Crippen LogP contribution in [0.3, 0.4) is 0 Å². The molecule has 3 aliphatic rings. The van der Waals surface area contributed by atoms with Crippen LogP contribution in [0.15, 0.2) is 38.7 Å². The Labute approximate surface area is 252 Å². The first-order valence-electron chi connectivity index (χ1n) is 12.6. The molecule has 0 spiro atoms. The Morgan fingerprint density at radius 1 is 1.31 bits per heavy atom. The van der Waals surface area contributed by atoms with E-state index in [1.807, 2.05) is 11.8 Å². The number of nitrogens with two attached hydrogens (primary N) is 3. The van der Waals surface area contributed by atoms with Gasteiger partial charge in [0.1, 0.15) is 41.4 Å². The van der Waals surface area contributed by atoms with E-state index in [2.05, 4.69) is 20.4 Å². The largest absolute Gasteiger partial charge is 0.481 e. The number of carbonyl (C=O) groups is 4. The standard InChI is InChI=1S/C23H29N9O7S3/c1-2-4-31-13(25)6-12(24)28-23(31)42-8-10-7-40-20-16(19(36)32(20)17(10)21(37)38)29-18(35)15(11-9-41-22(26)27-11)30-39-5-3-14(33)34/h6,9,13,16,20H,2-5,7-8,24-25H2,1H3,(H2,26,27)(H,29,35)(H,33,34)(H,37,38)/b30-15-/t13?,16?,20-/m0/s1. The fourth-order valence-electron chi connectivity index (χ4n) is 4.20. The third-order valence-corrected chi connectivity index (χ3v) is 9.18. The van der Waals surface area contributed by atoms with Gasteiger partial charge in [0.05, 0.1) is 6.42 Å². The molecule has 19 heteroatoms. The Morgan fingerprint density at radius 2 is 2.07 bits per heavy atom. The summed E-state index contributed by atoms with van der Waals surface area (Å²) >= 11 is 3.64. The fraction of sp³-hybridized carbons (Fsp3) is 0.435. The van der Waals surface area contributed by atoms with Crippen LogP contribution in [0.1, 0.15) is 25.5 Å². The van der Waals surface area contributed by atoms with Gasteiger partial charge in [-0.3, -0.25) is 19.3 Å². The molecular formula is C23H29N9O7S3. The zero-order chi connectivity index (χ0) is 30.6. The zero-order valence-corrected chi connectivity index (χ0v) is 24.7. The molecule has 0 aliphatic carbocycles. The number of carbonyl (C=O) groups excluding carboxylic acids is 2. The molecule has 0 radical (unpaired) electrons. The number of fused-ring (bicyclic) bond motifs is 1. The Bertz CT molecular complexity index is 1390. The SMILES string of the molecule is CCCN1C(SCC2=C(C(=O)O)N3C(=O)C(NC(=O)/C(=N\OCCC(=O)O)c4csc(N)n4)[C@@H]3SC2)=NC(N)=CC1N. The number of nitrogen functional groups attached to an aromatic ring is 1. The minimum absolute atomic E-state index is 0.0774. The second-order valence-electron chi connectivity index (χ2n) is 9.06. The molecule has 226 valence electrons. The van der Waals surface area contributed by atoms with Crippen LogP contribution in [0.4, 0.5) is 5.13 Å². The lowest BCUT2D eigenvalue weighted by molar-refractivity contribution is -0.150. The summed E-state index contributed by atoms with van der Waals surface area (Å²) in [7, 11) is 0. The number of oxime groups is 1. The molecule has 0 saturated carbocycles. The quantitative estimate of drug-likeness (QED) is 0.0734. The molecule has 1 aromatic heterocycles. The molecule has 3 atom stereocenters. The number of hydrogen-bond donors (Lipinski definition) is 6. The van der Waals surface area contributed by atoms with E-state index in [0.717, 1.165) is 22.7 Å². The van der Waals surface area contributed by atoms with Crippen molar-refractivity contribution in [2.75, 3.05) is 30.4 Å². The zero-order valence-electron chi connectivity index (χ0n) is 22.3. The summed E-state index contributed by atoms with van der Waals surface area (Å²) < 4.78 is 0. The lowest BCUT2D eigenvalue weighted by atomic mass is 10.0. The molecule has 1 saturated heterocycles. The highest BCUT2D eigenvalue weighted by molar-refractivity contribution is 8.14. The van der Waals surface area contributed by atoms with Gasteiger partial charge in [-0.25, -0.2) is 14.8 Å². The number of carboxylic acid groups (broad SMARTS) is 2. The molecule has 42 heavy (non-hydrogen) atoms. The van der Waals surface area contributed by atoms with Crippen LogP contribution < -0.4 is 22.5 Å². The number of aromatic nitrogens is 1. The molecule has 0 aromatic carbocycles. The van der Waals surface area contributed by atoms with E-state index >= 15 is 0 Å². The van der Waals surface area contributed by atoms with Gasteiger partial charge in [-0.15, -0.1) is 23.1 Å². The molecular weight excluding hydrogens is 611 g/mol. The molecule has 2 amide bonds. The van der Waals surface area contributed by atoms with Crippen LogP contribution in [-0.2, 0) is 24.0 Å². The average Bonchev–Trinajstić information content (AvgIpc) is 3.36. The first kappa shape index (κ1) is 31.1. The molecule has 1 fully saturated rings. The van der Waals surface area contributed by atoms with E-state index in [-0.39, 0.29) is 52.6 Å². The number of thiazole rings is 1. The molecule has 3 aliphatic heterocycles. The Morgan fingerprint density at radius 3 is 2.71 bits per heavy atom. The number of rotatable bonds is 12. The summed E-state index contributed by atoms with van der Waals surface area (Å²) in [5, 5.41) is 26.6. The van der Waals surface area contributed by atoms with Crippen LogP contribution in [0, 0.1) is 0 Å². The monoisotopic (exact) mass is 639 g/mol. The van der Waals surface area contributed by atoms with Crippen molar-refractivity contribution in [3.63, 3.8) is 0 Å². The second kappa shape index (κ2) is 13.4. The van der Waals surface area contributed by atoms with Crippen LogP contribution in [0.2, 0.25) is 0 Å². The van der Waals surface area contributed by atoms with E-state index in [1.54, 1.807) is 6.08 Å². The molecule has 0 bridgehead atoms. The molecule has 9 N–H and O–H groups in total. The predicted octanol–water partition coefficient (Wildman–Crippen LogP) is -0.441. The third kappa shape index (κ3) is 6.80. The van der Waals surface area contributed by atoms with Crippen molar-refractivity contribution >= 4 is 74.6 Å². The topological polar surface area (TPSA) is 252 Å². The maximum atomic E-state index is 13.2. The van der Waals surface area contributed by atoms with Gasteiger partial charge in [-0.2, -0.15) is 0 Å². The van der Waals surface area contributed by atoms with Gasteiger partial charge in [0.25, 0.3) is 11.8 Å². The number of amidine groups is 1.